The van der Waals surface area contributed by atoms with Crippen LogP contribution in [-0.4, -0.2) is 73.4 Å². The molecule has 1 aliphatic heterocycles. The number of likely N-dealkylation sites (N-methyl/N-ethyl adjacent to an activating group) is 1. The van der Waals surface area contributed by atoms with E-state index >= 15 is 0 Å². The molecular weight excluding hydrogens is 488 g/mol. The van der Waals surface area contributed by atoms with Gasteiger partial charge in [0.1, 0.15) is 6.61 Å². The van der Waals surface area contributed by atoms with Crippen LogP contribution in [0.4, 0.5) is 0 Å². The lowest BCUT2D eigenvalue weighted by molar-refractivity contribution is -0.136. The molecule has 0 spiro atoms. The fourth-order valence-corrected chi connectivity index (χ4v) is 5.53. The van der Waals surface area contributed by atoms with Crippen molar-refractivity contribution in [2.24, 2.45) is 0 Å². The molecule has 7 nitrogen and oxygen atoms in total. The first-order valence-corrected chi connectivity index (χ1v) is 13.6. The van der Waals surface area contributed by atoms with Crippen LogP contribution in [0.1, 0.15) is 29.0 Å². The Hall–Kier alpha value is -2.91. The monoisotopic (exact) mass is 524 g/mol. The van der Waals surface area contributed by atoms with Crippen LogP contribution in [0.2, 0.25) is 0 Å². The van der Waals surface area contributed by atoms with E-state index in [4.69, 9.17) is 14.2 Å². The second-order valence-corrected chi connectivity index (χ2v) is 10.1. The molecule has 2 atom stereocenters. The van der Waals surface area contributed by atoms with Crippen molar-refractivity contribution in [2.75, 3.05) is 46.5 Å². The second-order valence-electron chi connectivity index (χ2n) is 9.10. The minimum Gasteiger partial charge on any atom is -0.493 e. The summed E-state index contributed by atoms with van der Waals surface area (Å²) in [7, 11) is 1.62. The SMILES string of the molecule is CCN(CC(=O)N1CCc2sccc2[C@@H]1COc1ccccc1OC)C[C@@H](O)COCc1ccccc1. The molecule has 0 aliphatic carbocycles. The number of hydrogen-bond acceptors (Lipinski definition) is 7. The number of aliphatic hydroxyl groups is 1. The number of para-hydroxylation sites is 2. The van der Waals surface area contributed by atoms with Crippen molar-refractivity contribution in [3.63, 3.8) is 0 Å². The van der Waals surface area contributed by atoms with Crippen molar-refractivity contribution in [1.82, 2.24) is 9.80 Å². The number of methoxy groups -OCH3 is 1. The number of nitrogens with zero attached hydrogens (tertiary/aromatic N) is 2. The van der Waals surface area contributed by atoms with Crippen LogP contribution in [-0.2, 0) is 22.6 Å². The van der Waals surface area contributed by atoms with Gasteiger partial charge in [0.05, 0.1) is 39.0 Å². The van der Waals surface area contributed by atoms with Crippen molar-refractivity contribution < 1.29 is 24.1 Å². The topological polar surface area (TPSA) is 71.5 Å². The summed E-state index contributed by atoms with van der Waals surface area (Å²) in [6.07, 6.45) is 0.164. The van der Waals surface area contributed by atoms with E-state index in [2.05, 4.69) is 11.4 Å². The number of thiophene rings is 1. The third kappa shape index (κ3) is 7.32. The number of hydrogen-bond donors (Lipinski definition) is 1. The number of fused-ring (bicyclic) bond motifs is 1. The lowest BCUT2D eigenvalue weighted by atomic mass is 10.0. The highest BCUT2D eigenvalue weighted by molar-refractivity contribution is 7.10. The van der Waals surface area contributed by atoms with Gasteiger partial charge in [-0.3, -0.25) is 9.69 Å². The van der Waals surface area contributed by atoms with Gasteiger partial charge in [0.2, 0.25) is 5.91 Å². The largest absolute Gasteiger partial charge is 0.493 e. The zero-order valence-corrected chi connectivity index (χ0v) is 22.4. The predicted molar refractivity (Wildman–Crippen MR) is 145 cm³/mol. The van der Waals surface area contributed by atoms with Crippen molar-refractivity contribution in [3.05, 3.63) is 82.0 Å². The van der Waals surface area contributed by atoms with E-state index < -0.39 is 6.10 Å². The number of ether oxygens (including phenoxy) is 3. The van der Waals surface area contributed by atoms with Gasteiger partial charge in [0.25, 0.3) is 0 Å². The number of carbonyl (C=O) groups excluding carboxylic acids is 1. The third-order valence-electron chi connectivity index (χ3n) is 6.58. The first kappa shape index (κ1) is 27.1. The third-order valence-corrected chi connectivity index (χ3v) is 7.57. The van der Waals surface area contributed by atoms with Crippen molar-refractivity contribution in [2.45, 2.75) is 32.1 Å². The average Bonchev–Trinajstić information content (AvgIpc) is 3.41. The van der Waals surface area contributed by atoms with E-state index in [0.717, 1.165) is 17.5 Å². The summed E-state index contributed by atoms with van der Waals surface area (Å²) < 4.78 is 17.3. The van der Waals surface area contributed by atoms with Gasteiger partial charge >= 0.3 is 0 Å². The average molecular weight is 525 g/mol. The quantitative estimate of drug-likeness (QED) is 0.362. The highest BCUT2D eigenvalue weighted by Crippen LogP contribution is 2.35. The van der Waals surface area contributed by atoms with E-state index in [1.165, 1.54) is 4.88 Å². The van der Waals surface area contributed by atoms with E-state index in [9.17, 15) is 9.90 Å². The van der Waals surface area contributed by atoms with Crippen LogP contribution in [0, 0.1) is 0 Å². The Bertz CT molecular complexity index is 1120. The molecule has 1 N–H and O–H groups in total. The lowest BCUT2D eigenvalue weighted by Crippen LogP contribution is -2.48. The second kappa shape index (κ2) is 13.6. The molecule has 37 heavy (non-hydrogen) atoms. The van der Waals surface area contributed by atoms with Gasteiger partial charge in [-0.1, -0.05) is 49.4 Å². The fraction of sp³-hybridized carbons (Fsp3) is 0.414. The summed E-state index contributed by atoms with van der Waals surface area (Å²) in [4.78, 5) is 18.7. The molecule has 198 valence electrons. The molecule has 3 aromatic rings. The van der Waals surface area contributed by atoms with Crippen LogP contribution < -0.4 is 9.47 Å². The Labute approximate surface area is 223 Å². The minimum atomic E-state index is -0.675. The van der Waals surface area contributed by atoms with Crippen molar-refractivity contribution in [1.29, 1.82) is 0 Å². The van der Waals surface area contributed by atoms with Crippen LogP contribution in [0.5, 0.6) is 11.5 Å². The van der Waals surface area contributed by atoms with Crippen molar-refractivity contribution >= 4 is 17.2 Å². The molecule has 2 heterocycles. The number of carbonyl (C=O) groups is 1. The Balaban J connectivity index is 1.35. The molecule has 0 fully saturated rings. The van der Waals surface area contributed by atoms with Gasteiger partial charge in [-0.05, 0) is 47.7 Å². The van der Waals surface area contributed by atoms with Crippen molar-refractivity contribution in [3.8, 4) is 11.5 Å². The molecule has 1 amide bonds. The highest BCUT2D eigenvalue weighted by Gasteiger charge is 2.33. The first-order valence-electron chi connectivity index (χ1n) is 12.7. The highest BCUT2D eigenvalue weighted by atomic mass is 32.1. The summed E-state index contributed by atoms with van der Waals surface area (Å²) in [6.45, 7) is 4.92. The Morgan fingerprint density at radius 1 is 1.14 bits per heavy atom. The van der Waals surface area contributed by atoms with E-state index in [1.807, 2.05) is 71.3 Å². The van der Waals surface area contributed by atoms with Crippen LogP contribution in [0.3, 0.4) is 0 Å². The summed E-state index contributed by atoms with van der Waals surface area (Å²) in [6, 6.07) is 19.4. The summed E-state index contributed by atoms with van der Waals surface area (Å²) >= 11 is 1.73. The molecule has 4 rings (SSSR count). The number of amides is 1. The Morgan fingerprint density at radius 2 is 1.89 bits per heavy atom. The molecule has 0 unspecified atom stereocenters. The van der Waals surface area contributed by atoms with Crippen LogP contribution in [0.25, 0.3) is 0 Å². The Kier molecular flexibility index (Phi) is 9.96. The molecule has 1 aromatic heterocycles. The minimum absolute atomic E-state index is 0.0322. The van der Waals surface area contributed by atoms with Gasteiger partial charge < -0.3 is 24.2 Å². The zero-order valence-electron chi connectivity index (χ0n) is 21.5. The summed E-state index contributed by atoms with van der Waals surface area (Å²) in [5.41, 5.74) is 2.22. The fourth-order valence-electron chi connectivity index (χ4n) is 4.61. The molecule has 0 saturated heterocycles. The maximum absolute atomic E-state index is 13.5. The number of benzene rings is 2. The number of aliphatic hydroxyl groups excluding tert-OH is 1. The van der Waals surface area contributed by atoms with Gasteiger partial charge in [-0.2, -0.15) is 0 Å². The van der Waals surface area contributed by atoms with Gasteiger partial charge in [0.15, 0.2) is 11.5 Å². The van der Waals surface area contributed by atoms with Crippen LogP contribution >= 0.6 is 11.3 Å². The normalized spacial score (nSPS) is 15.9. The maximum atomic E-state index is 13.5. The smallest absolute Gasteiger partial charge is 0.237 e. The van der Waals surface area contributed by atoms with E-state index in [0.29, 0.717) is 44.3 Å². The Morgan fingerprint density at radius 3 is 2.65 bits per heavy atom. The van der Waals surface area contributed by atoms with Crippen LogP contribution in [0.15, 0.2) is 66.0 Å². The standard InChI is InChI=1S/C29H36N2O5S/c1-3-30(17-23(32)20-35-19-22-9-5-4-6-10-22)18-29(33)31-15-13-28-24(14-16-37-28)25(31)21-36-27-12-8-7-11-26(27)34-2/h4-12,14,16,23,25,32H,3,13,15,17-21H2,1-2H3/t23-,25+/m1/s1. The first-order chi connectivity index (χ1) is 18.1. The maximum Gasteiger partial charge on any atom is 0.237 e. The van der Waals surface area contributed by atoms with Gasteiger partial charge in [-0.25, -0.2) is 0 Å². The predicted octanol–water partition coefficient (Wildman–Crippen LogP) is 4.16. The zero-order chi connectivity index (χ0) is 26.0. The molecule has 0 saturated carbocycles. The van der Waals surface area contributed by atoms with Gasteiger partial charge in [0, 0.05) is 18.0 Å². The summed E-state index contributed by atoms with van der Waals surface area (Å²) in [5.74, 6) is 1.36. The lowest BCUT2D eigenvalue weighted by Gasteiger charge is -2.37. The molecule has 2 aromatic carbocycles. The van der Waals surface area contributed by atoms with E-state index in [-0.39, 0.29) is 25.1 Å². The summed E-state index contributed by atoms with van der Waals surface area (Å²) in [5, 5.41) is 12.6. The molecule has 1 aliphatic rings. The molecule has 8 heteroatoms. The van der Waals surface area contributed by atoms with E-state index in [1.54, 1.807) is 18.4 Å². The number of rotatable bonds is 13. The van der Waals surface area contributed by atoms with Gasteiger partial charge in [-0.15, -0.1) is 11.3 Å². The molecular formula is C29H36N2O5S. The molecule has 0 bridgehead atoms. The molecule has 0 radical (unpaired) electrons.